The van der Waals surface area contributed by atoms with Gasteiger partial charge in [0.1, 0.15) is 5.69 Å². The monoisotopic (exact) mass is 379 g/mol. The predicted octanol–water partition coefficient (Wildman–Crippen LogP) is 2.12. The number of hydrazine groups is 1. The summed E-state index contributed by atoms with van der Waals surface area (Å²) in [5.74, 6) is 11.2. The van der Waals surface area contributed by atoms with Gasteiger partial charge >= 0.3 is 0 Å². The van der Waals surface area contributed by atoms with E-state index in [9.17, 15) is 0 Å². The Morgan fingerprint density at radius 2 is 1.86 bits per heavy atom. The maximum absolute atomic E-state index is 5.60. The highest BCUT2D eigenvalue weighted by atomic mass is 16.5. The van der Waals surface area contributed by atoms with Gasteiger partial charge in [0.2, 0.25) is 0 Å². The van der Waals surface area contributed by atoms with Crippen LogP contribution in [-0.2, 0) is 11.3 Å². The molecule has 8 nitrogen and oxygen atoms in total. The van der Waals surface area contributed by atoms with Crippen LogP contribution in [0, 0.1) is 0 Å². The number of rotatable bonds is 8. The van der Waals surface area contributed by atoms with E-state index in [1.807, 2.05) is 47.3 Å². The van der Waals surface area contributed by atoms with Crippen molar-refractivity contribution in [3.05, 3.63) is 60.6 Å². The maximum Gasteiger partial charge on any atom is 0.166 e. The summed E-state index contributed by atoms with van der Waals surface area (Å²) in [5, 5.41) is 8.42. The van der Waals surface area contributed by atoms with Gasteiger partial charge in [-0.2, -0.15) is 10.2 Å². The summed E-state index contributed by atoms with van der Waals surface area (Å²) in [6, 6.07) is 11.7. The van der Waals surface area contributed by atoms with E-state index in [2.05, 4.69) is 22.4 Å². The molecule has 1 aromatic carbocycles. The van der Waals surface area contributed by atoms with Gasteiger partial charge in [0, 0.05) is 41.9 Å². The SMILES string of the molecule is CCCOCCn1cc(-c2ccc(/C(=N/N)NN)cc2)c(-c2ccncc2)n1. The van der Waals surface area contributed by atoms with Crippen LogP contribution in [0.2, 0.25) is 0 Å². The third-order valence-electron chi connectivity index (χ3n) is 4.26. The molecule has 0 amide bonds. The number of ether oxygens (including phenoxy) is 1. The molecule has 0 saturated heterocycles. The largest absolute Gasteiger partial charge is 0.380 e. The normalized spacial score (nSPS) is 11.6. The second-order valence-corrected chi connectivity index (χ2v) is 6.20. The van der Waals surface area contributed by atoms with E-state index in [-0.39, 0.29) is 0 Å². The minimum Gasteiger partial charge on any atom is -0.380 e. The molecule has 28 heavy (non-hydrogen) atoms. The lowest BCUT2D eigenvalue weighted by molar-refractivity contribution is 0.124. The third-order valence-corrected chi connectivity index (χ3v) is 4.26. The van der Waals surface area contributed by atoms with Gasteiger partial charge in [0.05, 0.1) is 13.2 Å². The summed E-state index contributed by atoms with van der Waals surface area (Å²) >= 11 is 0. The van der Waals surface area contributed by atoms with E-state index in [1.165, 1.54) is 0 Å². The first-order valence-corrected chi connectivity index (χ1v) is 9.17. The summed E-state index contributed by atoms with van der Waals surface area (Å²) in [5.41, 5.74) is 7.26. The molecule has 146 valence electrons. The number of hydrazone groups is 1. The first kappa shape index (κ1) is 19.5. The molecule has 8 heteroatoms. The van der Waals surface area contributed by atoms with Gasteiger partial charge in [-0.3, -0.25) is 9.67 Å². The Morgan fingerprint density at radius 3 is 2.50 bits per heavy atom. The summed E-state index contributed by atoms with van der Waals surface area (Å²) in [4.78, 5) is 4.10. The maximum atomic E-state index is 5.60. The van der Waals surface area contributed by atoms with Crippen LogP contribution in [0.3, 0.4) is 0 Å². The van der Waals surface area contributed by atoms with E-state index in [4.69, 9.17) is 21.5 Å². The Kier molecular flexibility index (Phi) is 6.72. The van der Waals surface area contributed by atoms with Crippen molar-refractivity contribution in [3.8, 4) is 22.4 Å². The lowest BCUT2D eigenvalue weighted by Gasteiger charge is -2.06. The third kappa shape index (κ3) is 4.54. The molecule has 0 fully saturated rings. The van der Waals surface area contributed by atoms with Gasteiger partial charge in [-0.05, 0) is 24.1 Å². The molecule has 2 aromatic heterocycles. The van der Waals surface area contributed by atoms with Crippen LogP contribution in [0.5, 0.6) is 0 Å². The van der Waals surface area contributed by atoms with Crippen molar-refractivity contribution in [3.63, 3.8) is 0 Å². The highest BCUT2D eigenvalue weighted by molar-refractivity contribution is 5.98. The Hall–Kier alpha value is -3.23. The fraction of sp³-hybridized carbons (Fsp3) is 0.250. The number of aromatic nitrogens is 3. The number of amidine groups is 1. The molecule has 0 aliphatic rings. The summed E-state index contributed by atoms with van der Waals surface area (Å²) < 4.78 is 7.52. The lowest BCUT2D eigenvalue weighted by atomic mass is 10.0. The van der Waals surface area contributed by atoms with E-state index in [0.29, 0.717) is 19.0 Å². The van der Waals surface area contributed by atoms with Crippen LogP contribution in [-0.4, -0.2) is 33.8 Å². The second kappa shape index (κ2) is 9.63. The van der Waals surface area contributed by atoms with Gasteiger partial charge in [-0.25, -0.2) is 5.84 Å². The molecule has 3 aromatic rings. The molecule has 0 aliphatic heterocycles. The van der Waals surface area contributed by atoms with Gasteiger partial charge in [-0.1, -0.05) is 31.2 Å². The van der Waals surface area contributed by atoms with Crippen LogP contribution in [0.25, 0.3) is 22.4 Å². The number of nitrogens with zero attached hydrogens (tertiary/aromatic N) is 4. The van der Waals surface area contributed by atoms with E-state index in [1.54, 1.807) is 12.4 Å². The van der Waals surface area contributed by atoms with Gasteiger partial charge in [-0.15, -0.1) is 0 Å². The van der Waals surface area contributed by atoms with Crippen molar-refractivity contribution in [1.29, 1.82) is 0 Å². The van der Waals surface area contributed by atoms with Crippen LogP contribution >= 0.6 is 0 Å². The molecule has 0 saturated carbocycles. The summed E-state index contributed by atoms with van der Waals surface area (Å²) in [7, 11) is 0. The number of nitrogens with one attached hydrogen (secondary N) is 1. The highest BCUT2D eigenvalue weighted by Crippen LogP contribution is 2.31. The van der Waals surface area contributed by atoms with Crippen molar-refractivity contribution in [1.82, 2.24) is 20.2 Å². The molecule has 0 radical (unpaired) electrons. The zero-order valence-electron chi connectivity index (χ0n) is 15.9. The zero-order chi connectivity index (χ0) is 19.8. The first-order valence-electron chi connectivity index (χ1n) is 9.17. The number of nitrogens with two attached hydrogens (primary N) is 2. The molecular weight excluding hydrogens is 354 g/mol. The summed E-state index contributed by atoms with van der Waals surface area (Å²) in [6.45, 7) is 4.17. The van der Waals surface area contributed by atoms with Crippen molar-refractivity contribution >= 4 is 5.84 Å². The molecule has 0 bridgehead atoms. The van der Waals surface area contributed by atoms with E-state index in [0.717, 1.165) is 41.0 Å². The van der Waals surface area contributed by atoms with Crippen molar-refractivity contribution < 1.29 is 4.74 Å². The van der Waals surface area contributed by atoms with E-state index >= 15 is 0 Å². The summed E-state index contributed by atoms with van der Waals surface area (Å²) in [6.07, 6.45) is 6.58. The molecule has 0 spiro atoms. The Bertz CT molecular complexity index is 904. The molecule has 5 N–H and O–H groups in total. The van der Waals surface area contributed by atoms with Crippen LogP contribution in [0.4, 0.5) is 0 Å². The van der Waals surface area contributed by atoms with Crippen LogP contribution < -0.4 is 17.1 Å². The van der Waals surface area contributed by atoms with E-state index < -0.39 is 0 Å². The Morgan fingerprint density at radius 1 is 1.11 bits per heavy atom. The second-order valence-electron chi connectivity index (χ2n) is 6.20. The molecule has 0 aliphatic carbocycles. The molecule has 2 heterocycles. The molecular formula is C20H25N7O. The zero-order valence-corrected chi connectivity index (χ0v) is 15.9. The highest BCUT2D eigenvalue weighted by Gasteiger charge is 2.14. The molecule has 0 unspecified atom stereocenters. The van der Waals surface area contributed by atoms with Crippen LogP contribution in [0.15, 0.2) is 60.1 Å². The van der Waals surface area contributed by atoms with Crippen molar-refractivity contribution in [2.75, 3.05) is 13.2 Å². The van der Waals surface area contributed by atoms with Gasteiger partial charge < -0.3 is 16.0 Å². The number of pyridine rings is 1. The average Bonchev–Trinajstić information content (AvgIpc) is 3.17. The van der Waals surface area contributed by atoms with Crippen LogP contribution in [0.1, 0.15) is 18.9 Å². The lowest BCUT2D eigenvalue weighted by Crippen LogP contribution is -2.31. The minimum absolute atomic E-state index is 0.421. The molecule has 0 atom stereocenters. The fourth-order valence-electron chi connectivity index (χ4n) is 2.88. The van der Waals surface area contributed by atoms with Gasteiger partial charge in [0.25, 0.3) is 0 Å². The van der Waals surface area contributed by atoms with Gasteiger partial charge in [0.15, 0.2) is 5.84 Å². The topological polar surface area (TPSA) is 116 Å². The average molecular weight is 379 g/mol. The fourth-order valence-corrected chi connectivity index (χ4v) is 2.88. The quantitative estimate of drug-likeness (QED) is 0.181. The van der Waals surface area contributed by atoms with Crippen molar-refractivity contribution in [2.45, 2.75) is 19.9 Å². The first-order chi connectivity index (χ1) is 13.8. The number of benzene rings is 1. The number of hydrogen-bond donors (Lipinski definition) is 3. The standard InChI is InChI=1S/C20H25N7O/c1-2-12-28-13-11-27-14-18(19(26-27)16-7-9-23-10-8-16)15-3-5-17(6-4-15)20(24-21)25-22/h3-10,14H,2,11-13,21-22H2,1H3,(H,24,25). The Labute approximate surface area is 164 Å². The van der Waals surface area contributed by atoms with Crippen molar-refractivity contribution in [2.24, 2.45) is 16.8 Å². The smallest absolute Gasteiger partial charge is 0.166 e. The number of hydrogen-bond acceptors (Lipinski definition) is 6. The Balaban J connectivity index is 1.93. The predicted molar refractivity (Wildman–Crippen MR) is 110 cm³/mol. The minimum atomic E-state index is 0.421. The molecule has 3 rings (SSSR count).